The predicted molar refractivity (Wildman–Crippen MR) is 77.4 cm³/mol. The number of rotatable bonds is 3. The number of carboxylic acids is 1. The van der Waals surface area contributed by atoms with Crippen LogP contribution in [0.25, 0.3) is 11.4 Å². The van der Waals surface area contributed by atoms with Gasteiger partial charge in [0.15, 0.2) is 5.69 Å². The van der Waals surface area contributed by atoms with Crippen LogP contribution in [0.15, 0.2) is 28.9 Å². The lowest BCUT2D eigenvalue weighted by Crippen LogP contribution is -2.06. The highest BCUT2D eigenvalue weighted by Gasteiger charge is 2.19. The molecule has 0 bridgehead atoms. The Morgan fingerprint density at radius 3 is 2.32 bits per heavy atom. The minimum Gasteiger partial charge on any atom is -0.476 e. The van der Waals surface area contributed by atoms with Gasteiger partial charge in [-0.3, -0.25) is 0 Å². The fourth-order valence-corrected chi connectivity index (χ4v) is 2.58. The molecule has 0 aliphatic carbocycles. The van der Waals surface area contributed by atoms with Crippen molar-refractivity contribution in [3.8, 4) is 11.4 Å². The molecule has 0 radical (unpaired) electrons. The van der Waals surface area contributed by atoms with Crippen LogP contribution in [0.4, 0.5) is 0 Å². The summed E-state index contributed by atoms with van der Waals surface area (Å²) in [7, 11) is 1.70. The van der Waals surface area contributed by atoms with E-state index in [-0.39, 0.29) is 5.69 Å². The third kappa shape index (κ3) is 2.56. The van der Waals surface area contributed by atoms with E-state index in [2.05, 4.69) is 34.8 Å². The smallest absolute Gasteiger partial charge is 0.355 e. The van der Waals surface area contributed by atoms with Crippen LogP contribution >= 0.6 is 15.9 Å². The van der Waals surface area contributed by atoms with Gasteiger partial charge in [0.2, 0.25) is 0 Å². The number of carbonyl (C=O) groups is 1. The standard InChI is InChI=1S/C14H15BrN2O2/c1-8(2)9-4-6-10(7-5-9)13-16-12(15)11(14(18)19)17(13)3/h4-8H,1-3H3,(H,18,19). The average molecular weight is 323 g/mol. The summed E-state index contributed by atoms with van der Waals surface area (Å²) in [4.78, 5) is 15.4. The third-order valence-electron chi connectivity index (χ3n) is 3.09. The lowest BCUT2D eigenvalue weighted by atomic mass is 10.0. The second-order valence-electron chi connectivity index (χ2n) is 4.72. The minimum absolute atomic E-state index is 0.155. The first kappa shape index (κ1) is 13.8. The molecule has 0 atom stereocenters. The Hall–Kier alpha value is -1.62. The van der Waals surface area contributed by atoms with Gasteiger partial charge < -0.3 is 9.67 Å². The van der Waals surface area contributed by atoms with Gasteiger partial charge in [-0.25, -0.2) is 9.78 Å². The number of halogens is 1. The van der Waals surface area contributed by atoms with Crippen molar-refractivity contribution in [3.05, 3.63) is 40.1 Å². The largest absolute Gasteiger partial charge is 0.476 e. The molecule has 0 saturated heterocycles. The molecule has 100 valence electrons. The monoisotopic (exact) mass is 322 g/mol. The first-order valence-corrected chi connectivity index (χ1v) is 6.77. The number of hydrogen-bond acceptors (Lipinski definition) is 2. The fraction of sp³-hybridized carbons (Fsp3) is 0.286. The maximum atomic E-state index is 11.1. The molecule has 0 unspecified atom stereocenters. The van der Waals surface area contributed by atoms with Crippen LogP contribution in [0.5, 0.6) is 0 Å². The summed E-state index contributed by atoms with van der Waals surface area (Å²) in [6.07, 6.45) is 0. The average Bonchev–Trinajstić information content (AvgIpc) is 2.65. The Balaban J connectivity index is 2.48. The molecule has 0 fully saturated rings. The quantitative estimate of drug-likeness (QED) is 0.937. The highest BCUT2D eigenvalue weighted by Crippen LogP contribution is 2.26. The van der Waals surface area contributed by atoms with E-state index in [0.717, 1.165) is 5.56 Å². The lowest BCUT2D eigenvalue weighted by molar-refractivity contribution is 0.0685. The first-order valence-electron chi connectivity index (χ1n) is 5.97. The molecule has 5 heteroatoms. The van der Waals surface area contributed by atoms with Gasteiger partial charge in [0.1, 0.15) is 10.4 Å². The zero-order valence-electron chi connectivity index (χ0n) is 11.0. The molecule has 1 heterocycles. The Kier molecular flexibility index (Phi) is 3.75. The number of aromatic nitrogens is 2. The van der Waals surface area contributed by atoms with Crippen molar-refractivity contribution in [1.29, 1.82) is 0 Å². The highest BCUT2D eigenvalue weighted by atomic mass is 79.9. The third-order valence-corrected chi connectivity index (χ3v) is 3.64. The molecule has 19 heavy (non-hydrogen) atoms. The van der Waals surface area contributed by atoms with Crippen LogP contribution in [0.3, 0.4) is 0 Å². The number of benzene rings is 1. The van der Waals surface area contributed by atoms with E-state index in [1.165, 1.54) is 5.56 Å². The molecule has 0 aliphatic rings. The summed E-state index contributed by atoms with van der Waals surface area (Å²) in [6, 6.07) is 8.03. The molecule has 0 amide bonds. The van der Waals surface area contributed by atoms with E-state index in [9.17, 15) is 4.79 Å². The molecule has 0 aliphatic heterocycles. The second-order valence-corrected chi connectivity index (χ2v) is 5.47. The van der Waals surface area contributed by atoms with E-state index in [0.29, 0.717) is 16.3 Å². The Labute approximate surface area is 120 Å². The van der Waals surface area contributed by atoms with Gasteiger partial charge in [-0.1, -0.05) is 38.1 Å². The zero-order valence-corrected chi connectivity index (χ0v) is 12.6. The Morgan fingerprint density at radius 1 is 1.32 bits per heavy atom. The Bertz CT molecular complexity index is 615. The van der Waals surface area contributed by atoms with Crippen molar-refractivity contribution < 1.29 is 9.90 Å². The van der Waals surface area contributed by atoms with Crippen LogP contribution in [-0.2, 0) is 7.05 Å². The van der Waals surface area contributed by atoms with E-state index in [1.807, 2.05) is 24.3 Å². The van der Waals surface area contributed by atoms with Gasteiger partial charge in [-0.05, 0) is 27.4 Å². The molecule has 1 N–H and O–H groups in total. The molecule has 1 aromatic heterocycles. The first-order chi connectivity index (χ1) is 8.91. The lowest BCUT2D eigenvalue weighted by Gasteiger charge is -2.07. The van der Waals surface area contributed by atoms with Crippen molar-refractivity contribution >= 4 is 21.9 Å². The molecule has 0 saturated carbocycles. The van der Waals surface area contributed by atoms with Gasteiger partial charge in [0.05, 0.1) is 0 Å². The minimum atomic E-state index is -0.994. The van der Waals surface area contributed by atoms with Crippen LogP contribution < -0.4 is 0 Å². The van der Waals surface area contributed by atoms with Crippen LogP contribution in [0.2, 0.25) is 0 Å². The number of imidazole rings is 1. The normalized spacial score (nSPS) is 11.0. The molecule has 2 rings (SSSR count). The maximum Gasteiger partial charge on any atom is 0.355 e. The number of carboxylic acid groups (broad SMARTS) is 1. The summed E-state index contributed by atoms with van der Waals surface area (Å²) in [5.74, 6) is 0.114. The van der Waals surface area contributed by atoms with Crippen molar-refractivity contribution in [1.82, 2.24) is 9.55 Å². The van der Waals surface area contributed by atoms with Gasteiger partial charge in [0.25, 0.3) is 0 Å². The summed E-state index contributed by atoms with van der Waals surface area (Å²) in [5, 5.41) is 9.13. The van der Waals surface area contributed by atoms with Crippen LogP contribution in [-0.4, -0.2) is 20.6 Å². The molecule has 1 aromatic carbocycles. The molecule has 4 nitrogen and oxygen atoms in total. The van der Waals surface area contributed by atoms with Crippen LogP contribution in [0, 0.1) is 0 Å². The topological polar surface area (TPSA) is 55.1 Å². The number of hydrogen-bond donors (Lipinski definition) is 1. The number of aromatic carboxylic acids is 1. The van der Waals surface area contributed by atoms with E-state index < -0.39 is 5.97 Å². The van der Waals surface area contributed by atoms with Gasteiger partial charge in [0, 0.05) is 12.6 Å². The van der Waals surface area contributed by atoms with Crippen molar-refractivity contribution in [3.63, 3.8) is 0 Å². The summed E-state index contributed by atoms with van der Waals surface area (Å²) in [5.41, 5.74) is 2.30. The van der Waals surface area contributed by atoms with Crippen LogP contribution in [0.1, 0.15) is 35.8 Å². The number of nitrogens with zero attached hydrogens (tertiary/aromatic N) is 2. The molecule has 0 spiro atoms. The second kappa shape index (κ2) is 5.17. The van der Waals surface area contributed by atoms with Crippen molar-refractivity contribution in [2.24, 2.45) is 7.05 Å². The summed E-state index contributed by atoms with van der Waals surface area (Å²) in [6.45, 7) is 4.27. The molecular formula is C14H15BrN2O2. The molecule has 2 aromatic rings. The predicted octanol–water partition coefficient (Wildman–Crippen LogP) is 3.67. The van der Waals surface area contributed by atoms with Crippen molar-refractivity contribution in [2.75, 3.05) is 0 Å². The van der Waals surface area contributed by atoms with E-state index in [1.54, 1.807) is 11.6 Å². The van der Waals surface area contributed by atoms with Gasteiger partial charge in [-0.2, -0.15) is 0 Å². The molecular weight excluding hydrogens is 308 g/mol. The Morgan fingerprint density at radius 2 is 1.89 bits per heavy atom. The van der Waals surface area contributed by atoms with Crippen molar-refractivity contribution in [2.45, 2.75) is 19.8 Å². The maximum absolute atomic E-state index is 11.1. The fourth-order valence-electron chi connectivity index (χ4n) is 1.97. The highest BCUT2D eigenvalue weighted by molar-refractivity contribution is 9.10. The summed E-state index contributed by atoms with van der Waals surface area (Å²) >= 11 is 3.19. The van der Waals surface area contributed by atoms with Gasteiger partial charge in [-0.15, -0.1) is 0 Å². The van der Waals surface area contributed by atoms with E-state index in [4.69, 9.17) is 5.11 Å². The zero-order chi connectivity index (χ0) is 14.2. The van der Waals surface area contributed by atoms with Gasteiger partial charge >= 0.3 is 5.97 Å². The van der Waals surface area contributed by atoms with E-state index >= 15 is 0 Å². The summed E-state index contributed by atoms with van der Waals surface area (Å²) < 4.78 is 1.93. The SMILES string of the molecule is CC(C)c1ccc(-c2nc(Br)c(C(=O)O)n2C)cc1.